The van der Waals surface area contributed by atoms with Crippen molar-refractivity contribution in [2.45, 2.75) is 26.2 Å². The zero-order chi connectivity index (χ0) is 16.1. The minimum Gasteiger partial charge on any atom is -0.263 e. The molecule has 0 saturated carbocycles. The monoisotopic (exact) mass is 325 g/mol. The van der Waals surface area contributed by atoms with Crippen LogP contribution in [0.5, 0.6) is 0 Å². The number of nitrogens with zero attached hydrogens (tertiary/aromatic N) is 3. The minimum atomic E-state index is -2.24. The Kier molecular flexibility index (Phi) is 3.69. The first-order chi connectivity index (χ1) is 9.57. The van der Waals surface area contributed by atoms with Crippen molar-refractivity contribution >= 4 is 11.6 Å². The maximum absolute atomic E-state index is 13.9. The summed E-state index contributed by atoms with van der Waals surface area (Å²) in [7, 11) is 0. The lowest BCUT2D eigenvalue weighted by atomic mass is 9.95. The van der Waals surface area contributed by atoms with Crippen LogP contribution in [0.3, 0.4) is 0 Å². The summed E-state index contributed by atoms with van der Waals surface area (Å²) < 4.78 is 68.0. The molecule has 0 bridgehead atoms. The standard InChI is InChI=1S/C12H9ClF5N3/c1-12(2,3)10-19-20-11(13)21(10)9-7(17)5(15)4(14)6(16)8(9)18/h1-3H3. The van der Waals surface area contributed by atoms with Crippen LogP contribution in [0.1, 0.15) is 26.6 Å². The van der Waals surface area contributed by atoms with Gasteiger partial charge in [0.05, 0.1) is 0 Å². The predicted octanol–water partition coefficient (Wildman–Crippen LogP) is 3.91. The summed E-state index contributed by atoms with van der Waals surface area (Å²) in [6.45, 7) is 4.86. The van der Waals surface area contributed by atoms with Gasteiger partial charge in [-0.05, 0) is 11.6 Å². The Hall–Kier alpha value is -1.70. The van der Waals surface area contributed by atoms with Gasteiger partial charge in [0.15, 0.2) is 23.3 Å². The van der Waals surface area contributed by atoms with Crippen LogP contribution in [-0.2, 0) is 5.41 Å². The molecule has 21 heavy (non-hydrogen) atoms. The van der Waals surface area contributed by atoms with E-state index in [9.17, 15) is 22.0 Å². The third kappa shape index (κ3) is 2.37. The first-order valence-electron chi connectivity index (χ1n) is 5.70. The molecule has 0 fully saturated rings. The van der Waals surface area contributed by atoms with Gasteiger partial charge >= 0.3 is 0 Å². The second-order valence-electron chi connectivity index (χ2n) is 5.30. The summed E-state index contributed by atoms with van der Waals surface area (Å²) in [4.78, 5) is 0. The lowest BCUT2D eigenvalue weighted by molar-refractivity contribution is 0.373. The van der Waals surface area contributed by atoms with Crippen LogP contribution < -0.4 is 0 Å². The number of rotatable bonds is 1. The molecule has 0 spiro atoms. The molecule has 0 radical (unpaired) electrons. The van der Waals surface area contributed by atoms with Crippen LogP contribution in [0, 0.1) is 29.1 Å². The molecule has 1 aromatic carbocycles. The van der Waals surface area contributed by atoms with E-state index in [0.717, 1.165) is 0 Å². The van der Waals surface area contributed by atoms with Crippen LogP contribution in [0.2, 0.25) is 5.28 Å². The Labute approximate surface area is 121 Å². The number of benzene rings is 1. The molecule has 0 aliphatic rings. The molecule has 0 aliphatic carbocycles. The van der Waals surface area contributed by atoms with Gasteiger partial charge in [0.1, 0.15) is 11.5 Å². The Morgan fingerprint density at radius 1 is 0.810 bits per heavy atom. The maximum atomic E-state index is 13.9. The van der Waals surface area contributed by atoms with Gasteiger partial charge in [0.2, 0.25) is 11.1 Å². The van der Waals surface area contributed by atoms with E-state index in [2.05, 4.69) is 10.2 Å². The number of hydrogen-bond acceptors (Lipinski definition) is 2. The number of hydrogen-bond donors (Lipinski definition) is 0. The van der Waals surface area contributed by atoms with Crippen LogP contribution in [0.25, 0.3) is 5.69 Å². The first kappa shape index (κ1) is 15.7. The summed E-state index contributed by atoms with van der Waals surface area (Å²) >= 11 is 5.69. The van der Waals surface area contributed by atoms with E-state index < -0.39 is 45.5 Å². The van der Waals surface area contributed by atoms with Gasteiger partial charge in [0, 0.05) is 5.41 Å². The molecule has 1 heterocycles. The zero-order valence-electron chi connectivity index (χ0n) is 11.1. The molecule has 114 valence electrons. The molecule has 2 rings (SSSR count). The highest BCUT2D eigenvalue weighted by Crippen LogP contribution is 2.32. The second kappa shape index (κ2) is 4.94. The van der Waals surface area contributed by atoms with Gasteiger partial charge in [-0.3, -0.25) is 4.57 Å². The van der Waals surface area contributed by atoms with Crippen molar-refractivity contribution in [2.24, 2.45) is 0 Å². The average molecular weight is 326 g/mol. The van der Waals surface area contributed by atoms with Crippen molar-refractivity contribution < 1.29 is 22.0 Å². The van der Waals surface area contributed by atoms with Crippen molar-refractivity contribution in [3.8, 4) is 5.69 Å². The average Bonchev–Trinajstić information content (AvgIpc) is 2.76. The minimum absolute atomic E-state index is 0.0456. The van der Waals surface area contributed by atoms with Gasteiger partial charge in [-0.15, -0.1) is 10.2 Å². The molecule has 2 aromatic rings. The summed E-state index contributed by atoms with van der Waals surface area (Å²) in [5.41, 5.74) is -1.99. The molecule has 1 aromatic heterocycles. The number of aromatic nitrogens is 3. The van der Waals surface area contributed by atoms with E-state index in [4.69, 9.17) is 11.6 Å². The first-order valence-corrected chi connectivity index (χ1v) is 6.08. The predicted molar refractivity (Wildman–Crippen MR) is 64.9 cm³/mol. The maximum Gasteiger partial charge on any atom is 0.229 e. The fourth-order valence-electron chi connectivity index (χ4n) is 1.74. The van der Waals surface area contributed by atoms with Crippen molar-refractivity contribution in [1.29, 1.82) is 0 Å². The van der Waals surface area contributed by atoms with Crippen LogP contribution in [0.4, 0.5) is 22.0 Å². The fourth-order valence-corrected chi connectivity index (χ4v) is 1.94. The summed E-state index contributed by atoms with van der Waals surface area (Å²) in [5.74, 6) is -10.4. The highest BCUT2D eigenvalue weighted by atomic mass is 35.5. The lowest BCUT2D eigenvalue weighted by Gasteiger charge is -2.20. The van der Waals surface area contributed by atoms with E-state index in [1.807, 2.05) is 0 Å². The van der Waals surface area contributed by atoms with E-state index >= 15 is 0 Å². The number of halogens is 6. The van der Waals surface area contributed by atoms with Crippen molar-refractivity contribution in [3.05, 3.63) is 40.2 Å². The Morgan fingerprint density at radius 3 is 1.67 bits per heavy atom. The smallest absolute Gasteiger partial charge is 0.229 e. The van der Waals surface area contributed by atoms with Crippen molar-refractivity contribution in [1.82, 2.24) is 14.8 Å². The normalized spacial score (nSPS) is 12.0. The van der Waals surface area contributed by atoms with E-state index in [0.29, 0.717) is 4.57 Å². The summed E-state index contributed by atoms with van der Waals surface area (Å²) in [6, 6.07) is 0. The third-order valence-electron chi connectivity index (χ3n) is 2.70. The van der Waals surface area contributed by atoms with Crippen LogP contribution in [0.15, 0.2) is 0 Å². The molecule has 0 saturated heterocycles. The topological polar surface area (TPSA) is 30.7 Å². The Bertz CT molecular complexity index is 692. The lowest BCUT2D eigenvalue weighted by Crippen LogP contribution is -2.21. The van der Waals surface area contributed by atoms with Crippen LogP contribution in [-0.4, -0.2) is 14.8 Å². The highest BCUT2D eigenvalue weighted by molar-refractivity contribution is 6.28. The Morgan fingerprint density at radius 2 is 1.24 bits per heavy atom. The molecule has 0 amide bonds. The fraction of sp³-hybridized carbons (Fsp3) is 0.333. The molecule has 0 N–H and O–H groups in total. The molecular weight excluding hydrogens is 317 g/mol. The molecule has 0 aliphatic heterocycles. The van der Waals surface area contributed by atoms with Crippen LogP contribution >= 0.6 is 11.6 Å². The van der Waals surface area contributed by atoms with Gasteiger partial charge in [-0.25, -0.2) is 22.0 Å². The van der Waals surface area contributed by atoms with E-state index in [-0.39, 0.29) is 5.82 Å². The van der Waals surface area contributed by atoms with Crippen molar-refractivity contribution in [2.75, 3.05) is 0 Å². The third-order valence-corrected chi connectivity index (χ3v) is 2.95. The van der Waals surface area contributed by atoms with Gasteiger partial charge in [-0.2, -0.15) is 0 Å². The molecule has 9 heteroatoms. The summed E-state index contributed by atoms with van der Waals surface area (Å²) in [5, 5.41) is 6.56. The highest BCUT2D eigenvalue weighted by Gasteiger charge is 2.32. The molecule has 3 nitrogen and oxygen atoms in total. The van der Waals surface area contributed by atoms with E-state index in [1.165, 1.54) is 0 Å². The Balaban J connectivity index is 2.90. The van der Waals surface area contributed by atoms with Gasteiger partial charge in [0.25, 0.3) is 0 Å². The SMILES string of the molecule is CC(C)(C)c1nnc(Cl)n1-c1c(F)c(F)c(F)c(F)c1F. The molecule has 0 atom stereocenters. The van der Waals surface area contributed by atoms with Gasteiger partial charge in [-0.1, -0.05) is 20.8 Å². The molecule has 0 unspecified atom stereocenters. The zero-order valence-corrected chi connectivity index (χ0v) is 11.9. The largest absolute Gasteiger partial charge is 0.263 e. The van der Waals surface area contributed by atoms with Crippen molar-refractivity contribution in [3.63, 3.8) is 0 Å². The van der Waals surface area contributed by atoms with E-state index in [1.54, 1.807) is 20.8 Å². The quantitative estimate of drug-likeness (QED) is 0.452. The summed E-state index contributed by atoms with van der Waals surface area (Å²) in [6.07, 6.45) is 0. The molecular formula is C12H9ClF5N3. The second-order valence-corrected chi connectivity index (χ2v) is 5.63. The van der Waals surface area contributed by atoms with Gasteiger partial charge < -0.3 is 0 Å².